The fraction of sp³-hybridized carbons (Fsp3) is 0.316. The van der Waals surface area contributed by atoms with Crippen LogP contribution in [0.2, 0.25) is 0 Å². The number of hydrogen-bond acceptors (Lipinski definition) is 5. The molecule has 7 heteroatoms. The van der Waals surface area contributed by atoms with Crippen molar-refractivity contribution in [2.24, 2.45) is 0 Å². The average molecular weight is 351 g/mol. The summed E-state index contributed by atoms with van der Waals surface area (Å²) in [5.74, 6) is 0.804. The molecule has 1 aliphatic heterocycles. The van der Waals surface area contributed by atoms with Gasteiger partial charge in [0.2, 0.25) is 5.95 Å². The first-order valence-electron chi connectivity index (χ1n) is 8.81. The van der Waals surface area contributed by atoms with E-state index in [1.807, 2.05) is 42.5 Å². The van der Waals surface area contributed by atoms with Crippen LogP contribution in [0.1, 0.15) is 12.0 Å². The number of anilines is 1. The number of pyridine rings is 1. The summed E-state index contributed by atoms with van der Waals surface area (Å²) in [6.45, 7) is 3.14. The predicted molar refractivity (Wildman–Crippen MR) is 98.9 cm³/mol. The number of nitrogens with one attached hydrogen (secondary N) is 1. The van der Waals surface area contributed by atoms with Crippen LogP contribution in [0.4, 0.5) is 10.7 Å². The van der Waals surface area contributed by atoms with Crippen molar-refractivity contribution in [2.75, 3.05) is 31.1 Å². The van der Waals surface area contributed by atoms with E-state index >= 15 is 0 Å². The highest BCUT2D eigenvalue weighted by molar-refractivity contribution is 5.73. The monoisotopic (exact) mass is 351 g/mol. The molecule has 4 rings (SSSR count). The first-order chi connectivity index (χ1) is 12.8. The molecule has 3 heterocycles. The number of ether oxygens (including phenoxy) is 1. The molecule has 2 aromatic heterocycles. The quantitative estimate of drug-likeness (QED) is 0.785. The molecule has 0 saturated carbocycles. The minimum absolute atomic E-state index is 0.262. The van der Waals surface area contributed by atoms with Crippen molar-refractivity contribution in [1.82, 2.24) is 19.9 Å². The lowest BCUT2D eigenvalue weighted by Crippen LogP contribution is -2.35. The van der Waals surface area contributed by atoms with Crippen LogP contribution >= 0.6 is 0 Å². The van der Waals surface area contributed by atoms with Gasteiger partial charge in [-0.2, -0.15) is 4.98 Å². The second-order valence-corrected chi connectivity index (χ2v) is 6.30. The molecule has 0 atom stereocenters. The van der Waals surface area contributed by atoms with Crippen LogP contribution in [0.15, 0.2) is 48.7 Å². The molecule has 0 unspecified atom stereocenters. The van der Waals surface area contributed by atoms with Gasteiger partial charge in [0.25, 0.3) is 0 Å². The van der Waals surface area contributed by atoms with E-state index in [0.717, 1.165) is 30.0 Å². The van der Waals surface area contributed by atoms with Crippen molar-refractivity contribution in [3.8, 4) is 0 Å². The molecule has 3 aromatic rings. The second kappa shape index (κ2) is 7.43. The summed E-state index contributed by atoms with van der Waals surface area (Å²) in [7, 11) is 0. The fourth-order valence-corrected chi connectivity index (χ4v) is 3.10. The van der Waals surface area contributed by atoms with Crippen LogP contribution in [0, 0.1) is 0 Å². The maximum Gasteiger partial charge on any atom is 0.410 e. The Morgan fingerprint density at radius 2 is 1.96 bits per heavy atom. The number of aromatic nitrogens is 3. The van der Waals surface area contributed by atoms with Gasteiger partial charge in [0.05, 0.1) is 5.52 Å². The number of fused-ring (bicyclic) bond motifs is 1. The maximum absolute atomic E-state index is 12.4. The standard InChI is InChI=1S/C19H21N5O2/c25-19(26-14-15-6-2-1-3-7-15)24-11-5-10-23(12-13-24)18-21-16-8-4-9-20-17(16)22-18/h1-4,6-9H,5,10-14H2,(H,20,21,22). The number of carbonyl (C=O) groups excluding carboxylic acids is 1. The lowest BCUT2D eigenvalue weighted by atomic mass is 10.2. The van der Waals surface area contributed by atoms with Crippen LogP contribution in [0.5, 0.6) is 0 Å². The summed E-state index contributed by atoms with van der Waals surface area (Å²) in [5.41, 5.74) is 2.63. The number of rotatable bonds is 3. The third-order valence-electron chi connectivity index (χ3n) is 4.50. The van der Waals surface area contributed by atoms with Crippen LogP contribution in [0.25, 0.3) is 11.2 Å². The summed E-state index contributed by atoms with van der Waals surface area (Å²) >= 11 is 0. The van der Waals surface area contributed by atoms with Crippen LogP contribution < -0.4 is 4.90 Å². The van der Waals surface area contributed by atoms with E-state index in [-0.39, 0.29) is 6.09 Å². The van der Waals surface area contributed by atoms with Crippen molar-refractivity contribution in [3.05, 3.63) is 54.2 Å². The van der Waals surface area contributed by atoms with Crippen molar-refractivity contribution in [2.45, 2.75) is 13.0 Å². The molecule has 26 heavy (non-hydrogen) atoms. The highest BCUT2D eigenvalue weighted by Crippen LogP contribution is 2.17. The van der Waals surface area contributed by atoms with Gasteiger partial charge in [-0.15, -0.1) is 0 Å². The van der Waals surface area contributed by atoms with Gasteiger partial charge in [-0.3, -0.25) is 0 Å². The molecule has 1 aromatic carbocycles. The smallest absolute Gasteiger partial charge is 0.410 e. The zero-order valence-corrected chi connectivity index (χ0v) is 14.5. The van der Waals surface area contributed by atoms with Gasteiger partial charge < -0.3 is 19.5 Å². The Labute approximate surface area is 151 Å². The van der Waals surface area contributed by atoms with Crippen molar-refractivity contribution < 1.29 is 9.53 Å². The molecule has 1 aliphatic rings. The number of imidazole rings is 1. The first kappa shape index (κ1) is 16.4. The fourth-order valence-electron chi connectivity index (χ4n) is 3.10. The minimum Gasteiger partial charge on any atom is -0.445 e. The summed E-state index contributed by atoms with van der Waals surface area (Å²) in [6, 6.07) is 13.6. The molecule has 1 fully saturated rings. The lowest BCUT2D eigenvalue weighted by molar-refractivity contribution is 0.0986. The summed E-state index contributed by atoms with van der Waals surface area (Å²) in [6.07, 6.45) is 2.34. The van der Waals surface area contributed by atoms with E-state index in [1.165, 1.54) is 0 Å². The van der Waals surface area contributed by atoms with Gasteiger partial charge >= 0.3 is 6.09 Å². The van der Waals surface area contributed by atoms with Crippen molar-refractivity contribution in [3.63, 3.8) is 0 Å². The van der Waals surface area contributed by atoms with E-state index in [0.29, 0.717) is 31.9 Å². The third-order valence-corrected chi connectivity index (χ3v) is 4.50. The highest BCUT2D eigenvalue weighted by Gasteiger charge is 2.22. The first-order valence-corrected chi connectivity index (χ1v) is 8.81. The molecule has 0 spiro atoms. The molecule has 1 amide bonds. The molecule has 134 valence electrons. The summed E-state index contributed by atoms with van der Waals surface area (Å²) in [4.78, 5) is 28.4. The molecule has 0 radical (unpaired) electrons. The average Bonchev–Trinajstić information content (AvgIpc) is 2.96. The van der Waals surface area contributed by atoms with Crippen molar-refractivity contribution >= 4 is 23.2 Å². The van der Waals surface area contributed by atoms with Crippen LogP contribution in [0.3, 0.4) is 0 Å². The normalized spacial score (nSPS) is 15.1. The third kappa shape index (κ3) is 3.61. The van der Waals surface area contributed by atoms with E-state index in [2.05, 4.69) is 19.9 Å². The van der Waals surface area contributed by atoms with E-state index in [9.17, 15) is 4.79 Å². The molecule has 7 nitrogen and oxygen atoms in total. The molecular weight excluding hydrogens is 330 g/mol. The topological polar surface area (TPSA) is 74.3 Å². The number of aromatic amines is 1. The Bertz CT molecular complexity index is 847. The minimum atomic E-state index is -0.262. The Kier molecular flexibility index (Phi) is 4.68. The largest absolute Gasteiger partial charge is 0.445 e. The number of benzene rings is 1. The summed E-state index contributed by atoms with van der Waals surface area (Å²) in [5, 5.41) is 0. The van der Waals surface area contributed by atoms with Gasteiger partial charge in [-0.1, -0.05) is 30.3 Å². The van der Waals surface area contributed by atoms with E-state index < -0.39 is 0 Å². The number of H-pyrrole nitrogens is 1. The molecule has 1 saturated heterocycles. The van der Waals surface area contributed by atoms with Gasteiger partial charge in [0.15, 0.2) is 5.65 Å². The maximum atomic E-state index is 12.4. The van der Waals surface area contributed by atoms with E-state index in [4.69, 9.17) is 4.74 Å². The van der Waals surface area contributed by atoms with Gasteiger partial charge in [-0.25, -0.2) is 9.78 Å². The number of nitrogens with zero attached hydrogens (tertiary/aromatic N) is 4. The Morgan fingerprint density at radius 3 is 2.81 bits per heavy atom. The van der Waals surface area contributed by atoms with Crippen LogP contribution in [-0.4, -0.2) is 52.1 Å². The zero-order chi connectivity index (χ0) is 17.8. The Morgan fingerprint density at radius 1 is 1.08 bits per heavy atom. The van der Waals surface area contributed by atoms with Crippen molar-refractivity contribution in [1.29, 1.82) is 0 Å². The number of hydrogen-bond donors (Lipinski definition) is 1. The van der Waals surface area contributed by atoms with Gasteiger partial charge in [-0.05, 0) is 24.1 Å². The Balaban J connectivity index is 1.36. The van der Waals surface area contributed by atoms with Crippen LogP contribution in [-0.2, 0) is 11.3 Å². The summed E-state index contributed by atoms with van der Waals surface area (Å²) < 4.78 is 5.45. The zero-order valence-electron chi connectivity index (χ0n) is 14.5. The van der Waals surface area contributed by atoms with E-state index in [1.54, 1.807) is 11.1 Å². The molecule has 0 aliphatic carbocycles. The van der Waals surface area contributed by atoms with Gasteiger partial charge in [0, 0.05) is 32.4 Å². The second-order valence-electron chi connectivity index (χ2n) is 6.30. The molecule has 0 bridgehead atoms. The lowest BCUT2D eigenvalue weighted by Gasteiger charge is -2.21. The molecule has 1 N–H and O–H groups in total. The molecular formula is C19H21N5O2. The highest BCUT2D eigenvalue weighted by atomic mass is 16.6. The number of carbonyl (C=O) groups is 1. The Hall–Kier alpha value is -3.09. The predicted octanol–water partition coefficient (Wildman–Crippen LogP) is 2.81. The van der Waals surface area contributed by atoms with Gasteiger partial charge in [0.1, 0.15) is 6.61 Å². The SMILES string of the molecule is O=C(OCc1ccccc1)N1CCCN(c2nc3ncccc3[nH]2)CC1. The number of amides is 1.